The number of rotatable bonds is 16. The molecule has 5 fully saturated rings. The summed E-state index contributed by atoms with van der Waals surface area (Å²) >= 11 is 0. The smallest absolute Gasteiger partial charge is 0.407 e. The number of amides is 5. The molecule has 0 radical (unpaired) electrons. The lowest BCUT2D eigenvalue weighted by Crippen LogP contribution is -2.54. The molecule has 3 aromatic carbocycles. The van der Waals surface area contributed by atoms with Gasteiger partial charge in [0.05, 0.1) is 27.6 Å². The molecule has 19 heteroatoms. The van der Waals surface area contributed by atoms with Crippen LogP contribution in [0.15, 0.2) is 60.8 Å². The Balaban J connectivity index is 0.689. The van der Waals surface area contributed by atoms with Gasteiger partial charge in [0.1, 0.15) is 47.9 Å². The largest absolute Gasteiger partial charge is 0.508 e. The van der Waals surface area contributed by atoms with Gasteiger partial charge in [0.25, 0.3) is 11.8 Å². The van der Waals surface area contributed by atoms with Crippen molar-refractivity contribution in [1.29, 1.82) is 0 Å². The van der Waals surface area contributed by atoms with Crippen molar-refractivity contribution in [2.24, 2.45) is 0 Å². The minimum atomic E-state index is -0.998. The molecule has 8 heterocycles. The van der Waals surface area contributed by atoms with Crippen molar-refractivity contribution in [2.75, 3.05) is 44.3 Å². The minimum absolute atomic E-state index is 0.0152. The monoisotopic (exact) mass is 1020 g/mol. The summed E-state index contributed by atoms with van der Waals surface area (Å²) in [5, 5.41) is 20.5. The minimum Gasteiger partial charge on any atom is -0.508 e. The summed E-state index contributed by atoms with van der Waals surface area (Å²) in [5.41, 5.74) is 1.85. The van der Waals surface area contributed by atoms with E-state index in [1.165, 1.54) is 30.5 Å². The summed E-state index contributed by atoms with van der Waals surface area (Å²) in [7, 11) is 0. The van der Waals surface area contributed by atoms with E-state index in [0.29, 0.717) is 55.6 Å². The number of nitrogens with one attached hydrogen (secondary N) is 3. The number of ether oxygens (including phenoxy) is 2. The molecule has 6 aliphatic rings. The Hall–Kier alpha value is -7.56. The number of aromatic hydroxyl groups is 1. The number of carbonyl (C=O) groups is 5. The van der Waals surface area contributed by atoms with E-state index < -0.39 is 52.9 Å². The third-order valence-electron chi connectivity index (χ3n) is 15.9. The molecule has 17 nitrogen and oxygen atoms in total. The topological polar surface area (TPSA) is 209 Å². The van der Waals surface area contributed by atoms with Crippen LogP contribution in [0.1, 0.15) is 109 Å². The summed E-state index contributed by atoms with van der Waals surface area (Å²) in [5.74, 6) is -0.824. The molecular weight excluding hydrogens is 965 g/mol. The van der Waals surface area contributed by atoms with E-state index in [4.69, 9.17) is 20.9 Å². The van der Waals surface area contributed by atoms with Gasteiger partial charge in [-0.1, -0.05) is 49.5 Å². The molecule has 2 bridgehead atoms. The number of aromatic nitrogens is 3. The molecule has 1 unspecified atom stereocenters. The lowest BCUT2D eigenvalue weighted by atomic mass is 9.94. The number of unbranched alkanes of at least 4 members (excludes halogenated alkanes) is 4. The van der Waals surface area contributed by atoms with E-state index in [1.54, 1.807) is 12.1 Å². The molecular formula is C56H57F2N9O8. The first-order valence-electron chi connectivity index (χ1n) is 25.9. The second kappa shape index (κ2) is 20.3. The number of piperazine rings is 1. The Labute approximate surface area is 431 Å². The number of alkyl carbamates (subject to hydrolysis) is 1. The number of carbonyl (C=O) groups excluding carboxylic acids is 5. The van der Waals surface area contributed by atoms with E-state index in [0.717, 1.165) is 73.8 Å². The number of hydrogen-bond donors (Lipinski definition) is 4. The van der Waals surface area contributed by atoms with Crippen LogP contribution in [-0.2, 0) is 20.7 Å². The highest BCUT2D eigenvalue weighted by Crippen LogP contribution is 2.45. The molecule has 388 valence electrons. The maximum atomic E-state index is 17.2. The Morgan fingerprint density at radius 2 is 1.73 bits per heavy atom. The van der Waals surface area contributed by atoms with Gasteiger partial charge < -0.3 is 30.1 Å². The van der Waals surface area contributed by atoms with Gasteiger partial charge in [-0.25, -0.2) is 13.6 Å². The molecule has 11 rings (SSSR count). The number of pyridine rings is 1. The Morgan fingerprint density at radius 1 is 0.947 bits per heavy atom. The molecule has 5 amide bonds. The van der Waals surface area contributed by atoms with Crippen LogP contribution in [0.5, 0.6) is 11.8 Å². The fraction of sp³-hybridized carbons (Fsp3) is 0.429. The molecule has 75 heavy (non-hydrogen) atoms. The number of benzene rings is 3. The molecule has 0 aliphatic carbocycles. The number of halogens is 2. The van der Waals surface area contributed by atoms with Gasteiger partial charge in [-0.3, -0.25) is 39.3 Å². The number of terminal acetylenes is 1. The molecule has 0 saturated carbocycles. The van der Waals surface area contributed by atoms with Crippen LogP contribution in [0.2, 0.25) is 0 Å². The quantitative estimate of drug-likeness (QED) is 0.0355. The first-order valence-corrected chi connectivity index (χ1v) is 25.9. The van der Waals surface area contributed by atoms with Crippen molar-refractivity contribution in [3.63, 3.8) is 0 Å². The zero-order chi connectivity index (χ0) is 52.1. The highest BCUT2D eigenvalue weighted by Gasteiger charge is 2.52. The summed E-state index contributed by atoms with van der Waals surface area (Å²) in [6.45, 7) is 7.02. The normalized spacial score (nSPS) is 23.2. The van der Waals surface area contributed by atoms with E-state index in [1.807, 2.05) is 6.07 Å². The highest BCUT2D eigenvalue weighted by molar-refractivity contribution is 6.23. The lowest BCUT2D eigenvalue weighted by Gasteiger charge is -2.35. The second-order valence-corrected chi connectivity index (χ2v) is 20.8. The summed E-state index contributed by atoms with van der Waals surface area (Å²) in [6, 6.07) is 10.0. The number of imide groups is 2. The van der Waals surface area contributed by atoms with Crippen molar-refractivity contribution in [3.05, 3.63) is 94.7 Å². The van der Waals surface area contributed by atoms with Crippen LogP contribution < -0.4 is 25.6 Å². The number of phenols is 1. The number of aryl methyl sites for hydroxylation is 1. The molecule has 4 N–H and O–H groups in total. The fourth-order valence-electron chi connectivity index (χ4n) is 12.3. The predicted molar refractivity (Wildman–Crippen MR) is 273 cm³/mol. The predicted octanol–water partition coefficient (Wildman–Crippen LogP) is 6.61. The molecule has 5 atom stereocenters. The van der Waals surface area contributed by atoms with Crippen LogP contribution in [0.25, 0.3) is 32.9 Å². The van der Waals surface area contributed by atoms with E-state index in [2.05, 4.69) is 48.2 Å². The van der Waals surface area contributed by atoms with Gasteiger partial charge in [0.15, 0.2) is 5.82 Å². The summed E-state index contributed by atoms with van der Waals surface area (Å²) in [6.07, 6.45) is 16.2. The van der Waals surface area contributed by atoms with Crippen molar-refractivity contribution in [2.45, 2.75) is 113 Å². The maximum absolute atomic E-state index is 17.2. The van der Waals surface area contributed by atoms with Gasteiger partial charge >= 0.3 is 12.1 Å². The summed E-state index contributed by atoms with van der Waals surface area (Å²) in [4.78, 5) is 82.7. The zero-order valence-corrected chi connectivity index (χ0v) is 41.4. The fourth-order valence-corrected chi connectivity index (χ4v) is 12.3. The van der Waals surface area contributed by atoms with Crippen LogP contribution in [0.4, 0.5) is 19.4 Å². The third-order valence-corrected chi connectivity index (χ3v) is 15.9. The van der Waals surface area contributed by atoms with Crippen molar-refractivity contribution < 1.29 is 47.3 Å². The number of nitrogens with zero attached hydrogens (tertiary/aromatic N) is 6. The first kappa shape index (κ1) is 49.6. The van der Waals surface area contributed by atoms with Crippen LogP contribution in [0, 0.1) is 24.0 Å². The lowest BCUT2D eigenvalue weighted by molar-refractivity contribution is -0.136. The van der Waals surface area contributed by atoms with Gasteiger partial charge in [0.2, 0.25) is 11.8 Å². The first-order chi connectivity index (χ1) is 36.3. The molecule has 0 spiro atoms. The van der Waals surface area contributed by atoms with Gasteiger partial charge in [-0.15, -0.1) is 6.42 Å². The standard InChI is InChI=1S/C56H57F2N9O8/c1-3-38-43(57)15-11-33-22-37(68)23-41(46(33)38)48-47(58)49-42(25-60-48)50(65-27-34-12-13-35(28-65)61-34)64-54(63-49)75-30-56-19-18-36(66(56)26-31(2)24-56)29-74-55(73)59-20-8-6-4-5-7-9-32-10-14-39-40(21-32)53(72)67(52(39)71)44-16-17-45(69)62-51(44)70/h1,10-11,14-15,21-23,25,34-36,44,61,68H,2,4-9,12-13,16-20,24,26-30H2,(H,59,73)(H,62,69,70)/t34-,35+,36-,44?,56-/m0/s1. The van der Waals surface area contributed by atoms with Gasteiger partial charge in [0, 0.05) is 67.9 Å². The van der Waals surface area contributed by atoms with E-state index in [9.17, 15) is 29.1 Å². The van der Waals surface area contributed by atoms with Crippen molar-refractivity contribution in [1.82, 2.24) is 40.7 Å². The number of phenolic OH excluding ortho intramolecular Hbond substituents is 1. The highest BCUT2D eigenvalue weighted by atomic mass is 19.1. The Kier molecular flexibility index (Phi) is 13.4. The number of fused-ring (bicyclic) bond motifs is 6. The van der Waals surface area contributed by atoms with Crippen molar-refractivity contribution in [3.8, 4) is 35.4 Å². The second-order valence-electron chi connectivity index (χ2n) is 20.8. The summed E-state index contributed by atoms with van der Waals surface area (Å²) < 4.78 is 44.6. The third kappa shape index (κ3) is 9.50. The SMILES string of the molecule is C#Cc1c(F)ccc2cc(O)cc(-c3ncc4c(N5C[C@H]6CC[C@@H](C5)N6)nc(OC[C@@]56CC[C@@H](COC(=O)NCCCCCCCc7ccc8c(c7)C(=O)N(C7CCC(=O)NC7=O)C8=O)N5CC(=C)C6)nc4c3F)c12. The number of anilines is 1. The molecule has 6 aliphatic heterocycles. The Bertz CT molecular complexity index is 3240. The number of hydrogen-bond acceptors (Lipinski definition) is 14. The van der Waals surface area contributed by atoms with Crippen LogP contribution in [-0.4, -0.2) is 129 Å². The average Bonchev–Trinajstić information content (AvgIpc) is 4.11. The van der Waals surface area contributed by atoms with Gasteiger partial charge in [-0.05, 0) is 99.1 Å². The van der Waals surface area contributed by atoms with E-state index in [-0.39, 0.29) is 94.8 Å². The van der Waals surface area contributed by atoms with Crippen LogP contribution in [0.3, 0.4) is 0 Å². The molecule has 2 aromatic heterocycles. The van der Waals surface area contributed by atoms with Gasteiger partial charge in [-0.2, -0.15) is 9.97 Å². The molecule has 5 aromatic rings. The van der Waals surface area contributed by atoms with Crippen LogP contribution >= 0.6 is 0 Å². The Morgan fingerprint density at radius 3 is 2.53 bits per heavy atom. The number of piperidine rings is 1. The maximum Gasteiger partial charge on any atom is 0.407 e. The zero-order valence-electron chi connectivity index (χ0n) is 41.4. The average molecular weight is 1020 g/mol. The van der Waals surface area contributed by atoms with E-state index >= 15 is 8.78 Å². The van der Waals surface area contributed by atoms with Crippen molar-refractivity contribution >= 4 is 57.2 Å². The molecule has 5 saturated heterocycles.